The van der Waals surface area contributed by atoms with Gasteiger partial charge in [-0.15, -0.1) is 0 Å². The molecule has 1 saturated heterocycles. The van der Waals surface area contributed by atoms with Crippen molar-refractivity contribution in [2.45, 2.75) is 76.7 Å². The van der Waals surface area contributed by atoms with Gasteiger partial charge >= 0.3 is 0 Å². The van der Waals surface area contributed by atoms with Crippen molar-refractivity contribution in [2.24, 2.45) is 15.7 Å². The van der Waals surface area contributed by atoms with E-state index in [0.717, 1.165) is 38.2 Å². The van der Waals surface area contributed by atoms with Crippen LogP contribution >= 0.6 is 23.2 Å². The second-order valence-electron chi connectivity index (χ2n) is 8.93. The molecule has 32 heavy (non-hydrogen) atoms. The van der Waals surface area contributed by atoms with Crippen molar-refractivity contribution in [3.63, 3.8) is 0 Å². The normalized spacial score (nSPS) is 26.8. The Morgan fingerprint density at radius 2 is 1.91 bits per heavy atom. The van der Waals surface area contributed by atoms with Gasteiger partial charge in [-0.25, -0.2) is 4.99 Å². The van der Waals surface area contributed by atoms with E-state index in [-0.39, 0.29) is 6.29 Å². The number of rotatable bonds is 6. The van der Waals surface area contributed by atoms with Crippen LogP contribution in [0, 0.1) is 0 Å². The highest BCUT2D eigenvalue weighted by atomic mass is 35.5. The molecule has 1 aromatic rings. The summed E-state index contributed by atoms with van der Waals surface area (Å²) in [7, 11) is 0. The van der Waals surface area contributed by atoms with E-state index in [2.05, 4.69) is 27.4 Å². The zero-order valence-corrected chi connectivity index (χ0v) is 20.4. The molecule has 0 aromatic heterocycles. The van der Waals surface area contributed by atoms with Gasteiger partial charge in [0.25, 0.3) is 0 Å². The molecule has 2 unspecified atom stereocenters. The van der Waals surface area contributed by atoms with Gasteiger partial charge in [-0.05, 0) is 57.0 Å². The topological polar surface area (TPSA) is 81.3 Å². The Hall–Kier alpha value is -1.54. The molecule has 0 bridgehead atoms. The van der Waals surface area contributed by atoms with Crippen molar-refractivity contribution in [1.29, 1.82) is 0 Å². The molecule has 1 aromatic carbocycles. The van der Waals surface area contributed by atoms with Gasteiger partial charge in [-0.3, -0.25) is 15.1 Å². The van der Waals surface area contributed by atoms with Crippen LogP contribution in [0.5, 0.6) is 0 Å². The van der Waals surface area contributed by atoms with Gasteiger partial charge in [-0.1, -0.05) is 55.8 Å². The molecule has 7 nitrogen and oxygen atoms in total. The van der Waals surface area contributed by atoms with Crippen LogP contribution in [0.1, 0.15) is 58.3 Å². The zero-order valence-electron chi connectivity index (χ0n) is 18.9. The predicted octanol–water partition coefficient (Wildman–Crippen LogP) is 4.15. The van der Waals surface area contributed by atoms with E-state index in [1.165, 1.54) is 38.5 Å². The maximum absolute atomic E-state index is 6.48. The molecular formula is C23H35Cl2N7. The molecule has 2 fully saturated rings. The summed E-state index contributed by atoms with van der Waals surface area (Å²) in [5.41, 5.74) is 7.32. The molecule has 3 aliphatic rings. The molecule has 1 saturated carbocycles. The van der Waals surface area contributed by atoms with E-state index in [1.54, 1.807) is 6.07 Å². The van der Waals surface area contributed by atoms with Gasteiger partial charge in [0.05, 0.1) is 16.6 Å². The Balaban J connectivity index is 1.57. The molecule has 0 amide bonds. The summed E-state index contributed by atoms with van der Waals surface area (Å²) in [5.74, 6) is 0.985. The Bertz CT molecular complexity index is 836. The summed E-state index contributed by atoms with van der Waals surface area (Å²) in [6, 6.07) is 6.43. The first-order valence-electron chi connectivity index (χ1n) is 11.9. The maximum Gasteiger partial charge on any atom is 0.223 e. The molecule has 4 rings (SSSR count). The fourth-order valence-electron chi connectivity index (χ4n) is 5.01. The standard InChI is InChI=1S/C23H35Cl2N7/c1-2-31-13-7-10-18(31)15-27-22-29-21(26)32(17-11-12-19(24)20(25)14-17)23(30-22)28-16-8-5-3-4-6-9-16/h11-12,14,16,18,23,28H,2-10,13,15H2,1H3,(H3,26,27,29,30). The highest BCUT2D eigenvalue weighted by molar-refractivity contribution is 6.42. The first kappa shape index (κ1) is 23.6. The van der Waals surface area contributed by atoms with Crippen LogP contribution in [0.15, 0.2) is 28.2 Å². The second kappa shape index (κ2) is 11.1. The van der Waals surface area contributed by atoms with Gasteiger partial charge in [-0.2, -0.15) is 4.99 Å². The number of aliphatic imine (C=N–C) groups is 2. The molecule has 9 heteroatoms. The van der Waals surface area contributed by atoms with Crippen molar-refractivity contribution < 1.29 is 0 Å². The SMILES string of the molecule is CCN1CCCC1CN=C1N=C(N)N(c2ccc(Cl)c(Cl)c2)C(NC2CCCCCC2)N1. The quantitative estimate of drug-likeness (QED) is 0.533. The number of nitrogens with one attached hydrogen (secondary N) is 2. The maximum atomic E-state index is 6.48. The summed E-state index contributed by atoms with van der Waals surface area (Å²) < 4.78 is 0. The van der Waals surface area contributed by atoms with Gasteiger partial charge in [0.2, 0.25) is 11.9 Å². The van der Waals surface area contributed by atoms with Gasteiger partial charge in [0.1, 0.15) is 0 Å². The van der Waals surface area contributed by atoms with Gasteiger partial charge < -0.3 is 11.1 Å². The summed E-state index contributed by atoms with van der Waals surface area (Å²) in [6.07, 6.45) is 9.58. The van der Waals surface area contributed by atoms with Gasteiger partial charge in [0, 0.05) is 17.8 Å². The monoisotopic (exact) mass is 479 g/mol. The molecule has 2 atom stereocenters. The molecule has 2 heterocycles. The van der Waals surface area contributed by atoms with Crippen LogP contribution in [0.4, 0.5) is 5.69 Å². The predicted molar refractivity (Wildman–Crippen MR) is 135 cm³/mol. The van der Waals surface area contributed by atoms with E-state index in [4.69, 9.17) is 33.9 Å². The minimum Gasteiger partial charge on any atom is -0.369 e. The van der Waals surface area contributed by atoms with Crippen LogP contribution in [0.3, 0.4) is 0 Å². The van der Waals surface area contributed by atoms with E-state index < -0.39 is 0 Å². The summed E-state index contributed by atoms with van der Waals surface area (Å²) in [4.78, 5) is 13.8. The van der Waals surface area contributed by atoms with E-state index in [0.29, 0.717) is 34.0 Å². The third-order valence-corrected chi connectivity index (χ3v) is 7.52. The number of hydrogen-bond acceptors (Lipinski definition) is 5. The third kappa shape index (κ3) is 5.68. The molecule has 0 radical (unpaired) electrons. The lowest BCUT2D eigenvalue weighted by atomic mass is 10.1. The lowest BCUT2D eigenvalue weighted by molar-refractivity contribution is 0.273. The number of benzene rings is 1. The number of guanidine groups is 2. The fraction of sp³-hybridized carbons (Fsp3) is 0.652. The first-order valence-corrected chi connectivity index (χ1v) is 12.7. The first-order chi connectivity index (χ1) is 15.5. The number of hydrogen-bond donors (Lipinski definition) is 3. The van der Waals surface area contributed by atoms with E-state index >= 15 is 0 Å². The van der Waals surface area contributed by atoms with Crippen LogP contribution in [-0.4, -0.2) is 54.8 Å². The number of halogens is 2. The average Bonchev–Trinajstić information content (AvgIpc) is 3.09. The zero-order chi connectivity index (χ0) is 22.5. The Morgan fingerprint density at radius 1 is 1.12 bits per heavy atom. The minimum absolute atomic E-state index is 0.252. The lowest BCUT2D eigenvalue weighted by Gasteiger charge is -2.39. The summed E-state index contributed by atoms with van der Waals surface area (Å²) >= 11 is 12.5. The van der Waals surface area contributed by atoms with Crippen LogP contribution in [-0.2, 0) is 0 Å². The van der Waals surface area contributed by atoms with Crippen molar-refractivity contribution >= 4 is 40.8 Å². The van der Waals surface area contributed by atoms with Crippen molar-refractivity contribution in [3.8, 4) is 0 Å². The third-order valence-electron chi connectivity index (χ3n) is 6.78. The summed E-state index contributed by atoms with van der Waals surface area (Å²) in [5, 5.41) is 8.28. The molecule has 2 aliphatic heterocycles. The number of anilines is 1. The number of likely N-dealkylation sites (tertiary alicyclic amines) is 1. The van der Waals surface area contributed by atoms with Crippen LogP contribution < -0.4 is 21.3 Å². The number of nitrogens with two attached hydrogens (primary N) is 1. The molecule has 4 N–H and O–H groups in total. The number of nitrogens with zero attached hydrogens (tertiary/aromatic N) is 4. The number of likely N-dealkylation sites (N-methyl/N-ethyl adjacent to an activating group) is 1. The highest BCUT2D eigenvalue weighted by Crippen LogP contribution is 2.29. The lowest BCUT2D eigenvalue weighted by Crippen LogP contribution is -2.65. The Kier molecular flexibility index (Phi) is 8.16. The van der Waals surface area contributed by atoms with Crippen LogP contribution in [0.2, 0.25) is 10.0 Å². The Morgan fingerprint density at radius 3 is 2.62 bits per heavy atom. The summed E-state index contributed by atoms with van der Waals surface area (Å²) in [6.45, 7) is 5.16. The largest absolute Gasteiger partial charge is 0.369 e. The molecule has 176 valence electrons. The van der Waals surface area contributed by atoms with Crippen LogP contribution in [0.25, 0.3) is 0 Å². The smallest absolute Gasteiger partial charge is 0.223 e. The van der Waals surface area contributed by atoms with E-state index in [1.807, 2.05) is 17.0 Å². The second-order valence-corrected chi connectivity index (χ2v) is 9.74. The Labute approximate surface area is 201 Å². The van der Waals surface area contributed by atoms with Crippen molar-refractivity contribution in [2.75, 3.05) is 24.5 Å². The van der Waals surface area contributed by atoms with Gasteiger partial charge in [0.15, 0.2) is 6.29 Å². The molecule has 0 spiro atoms. The highest BCUT2D eigenvalue weighted by Gasteiger charge is 2.31. The van der Waals surface area contributed by atoms with E-state index in [9.17, 15) is 0 Å². The van der Waals surface area contributed by atoms with Crippen molar-refractivity contribution in [1.82, 2.24) is 15.5 Å². The minimum atomic E-state index is -0.252. The average molecular weight is 480 g/mol. The fourth-order valence-corrected chi connectivity index (χ4v) is 5.30. The van der Waals surface area contributed by atoms with Crippen molar-refractivity contribution in [3.05, 3.63) is 28.2 Å². The molecular weight excluding hydrogens is 445 g/mol. The molecule has 1 aliphatic carbocycles.